The fraction of sp³-hybridized carbons (Fsp3) is 0.368. The number of hydrogen-bond acceptors (Lipinski definition) is 4. The first-order valence-electron chi connectivity index (χ1n) is 8.40. The van der Waals surface area contributed by atoms with E-state index < -0.39 is 0 Å². The van der Waals surface area contributed by atoms with Crippen LogP contribution in [0.25, 0.3) is 0 Å². The fourth-order valence-corrected chi connectivity index (χ4v) is 2.89. The van der Waals surface area contributed by atoms with Crippen LogP contribution in [-0.4, -0.2) is 42.0 Å². The van der Waals surface area contributed by atoms with Gasteiger partial charge in [0, 0.05) is 30.2 Å². The lowest BCUT2D eigenvalue weighted by Gasteiger charge is -2.15. The third-order valence-corrected chi connectivity index (χ3v) is 4.22. The van der Waals surface area contributed by atoms with Gasteiger partial charge in [-0.25, -0.2) is 0 Å². The van der Waals surface area contributed by atoms with E-state index >= 15 is 0 Å². The molecular weight excluding hydrogens is 302 g/mol. The SMILES string of the molecule is Cc1ncccc1C(=O)Nc1cccc(OCCN2CCCC2)c1. The number of nitrogens with zero attached hydrogens (tertiary/aromatic N) is 2. The van der Waals surface area contributed by atoms with E-state index in [4.69, 9.17) is 4.74 Å². The zero-order chi connectivity index (χ0) is 16.8. The first-order valence-corrected chi connectivity index (χ1v) is 8.40. The monoisotopic (exact) mass is 325 g/mol. The molecule has 1 aliphatic heterocycles. The van der Waals surface area contributed by atoms with Crippen LogP contribution in [0, 0.1) is 6.92 Å². The smallest absolute Gasteiger partial charge is 0.257 e. The summed E-state index contributed by atoms with van der Waals surface area (Å²) in [4.78, 5) is 18.9. The standard InChI is InChI=1S/C19H23N3O2/c1-15-18(8-5-9-20-15)19(23)21-16-6-4-7-17(14-16)24-13-12-22-10-2-3-11-22/h4-9,14H,2-3,10-13H2,1H3,(H,21,23). The number of benzene rings is 1. The van der Waals surface area contributed by atoms with Crippen molar-refractivity contribution < 1.29 is 9.53 Å². The highest BCUT2D eigenvalue weighted by Crippen LogP contribution is 2.19. The Labute approximate surface area is 142 Å². The lowest BCUT2D eigenvalue weighted by atomic mass is 10.2. The molecular formula is C19H23N3O2. The molecule has 1 fully saturated rings. The average Bonchev–Trinajstić information content (AvgIpc) is 3.09. The Kier molecular flexibility index (Phi) is 5.43. The fourth-order valence-electron chi connectivity index (χ4n) is 2.89. The van der Waals surface area contributed by atoms with Crippen molar-refractivity contribution in [3.8, 4) is 5.75 Å². The Bertz CT molecular complexity index is 697. The Hall–Kier alpha value is -2.40. The summed E-state index contributed by atoms with van der Waals surface area (Å²) < 4.78 is 5.81. The van der Waals surface area contributed by atoms with Crippen molar-refractivity contribution in [1.29, 1.82) is 0 Å². The summed E-state index contributed by atoms with van der Waals surface area (Å²) in [6.45, 7) is 5.78. The van der Waals surface area contributed by atoms with Gasteiger partial charge in [0.25, 0.3) is 5.91 Å². The van der Waals surface area contributed by atoms with Crippen LogP contribution in [0.3, 0.4) is 0 Å². The first kappa shape index (κ1) is 16.5. The first-order chi connectivity index (χ1) is 11.7. The van der Waals surface area contributed by atoms with Gasteiger partial charge < -0.3 is 10.1 Å². The predicted octanol–water partition coefficient (Wildman–Crippen LogP) is 3.12. The summed E-state index contributed by atoms with van der Waals surface area (Å²) in [5, 5.41) is 2.90. The summed E-state index contributed by atoms with van der Waals surface area (Å²) in [6, 6.07) is 11.0. The molecule has 126 valence electrons. The van der Waals surface area contributed by atoms with Crippen LogP contribution in [-0.2, 0) is 0 Å². The maximum Gasteiger partial charge on any atom is 0.257 e. The van der Waals surface area contributed by atoms with E-state index in [9.17, 15) is 4.79 Å². The van der Waals surface area contributed by atoms with Crippen LogP contribution >= 0.6 is 0 Å². The van der Waals surface area contributed by atoms with Gasteiger partial charge in [0.2, 0.25) is 0 Å². The van der Waals surface area contributed by atoms with E-state index in [1.54, 1.807) is 18.3 Å². The Morgan fingerprint density at radius 3 is 2.88 bits per heavy atom. The van der Waals surface area contributed by atoms with Gasteiger partial charge in [-0.05, 0) is 57.1 Å². The molecule has 0 saturated carbocycles. The van der Waals surface area contributed by atoms with Gasteiger partial charge in [0.1, 0.15) is 12.4 Å². The second-order valence-corrected chi connectivity index (χ2v) is 6.02. The van der Waals surface area contributed by atoms with Gasteiger partial charge in [0.15, 0.2) is 0 Å². The third kappa shape index (κ3) is 4.32. The highest BCUT2D eigenvalue weighted by Gasteiger charge is 2.12. The predicted molar refractivity (Wildman–Crippen MR) is 94.5 cm³/mol. The highest BCUT2D eigenvalue weighted by molar-refractivity contribution is 6.05. The van der Waals surface area contributed by atoms with Crippen molar-refractivity contribution in [2.45, 2.75) is 19.8 Å². The van der Waals surface area contributed by atoms with Gasteiger partial charge >= 0.3 is 0 Å². The molecule has 1 saturated heterocycles. The molecule has 0 radical (unpaired) electrons. The van der Waals surface area contributed by atoms with Crippen molar-refractivity contribution in [3.63, 3.8) is 0 Å². The molecule has 3 rings (SSSR count). The number of ether oxygens (including phenoxy) is 1. The van der Waals surface area contributed by atoms with Gasteiger partial charge in [0.05, 0.1) is 5.56 Å². The van der Waals surface area contributed by atoms with Gasteiger partial charge in [-0.1, -0.05) is 6.07 Å². The van der Waals surface area contributed by atoms with Crippen molar-refractivity contribution in [1.82, 2.24) is 9.88 Å². The second kappa shape index (κ2) is 7.93. The number of nitrogens with one attached hydrogen (secondary N) is 1. The summed E-state index contributed by atoms with van der Waals surface area (Å²) in [5.41, 5.74) is 2.02. The number of pyridine rings is 1. The molecule has 2 heterocycles. The number of anilines is 1. The molecule has 0 unspecified atom stereocenters. The van der Waals surface area contributed by atoms with Gasteiger partial charge in [-0.2, -0.15) is 0 Å². The van der Waals surface area contributed by atoms with Crippen LogP contribution in [0.15, 0.2) is 42.6 Å². The number of carbonyl (C=O) groups is 1. The van der Waals surface area contributed by atoms with Gasteiger partial charge in [-0.3, -0.25) is 14.7 Å². The molecule has 24 heavy (non-hydrogen) atoms. The molecule has 5 heteroatoms. The van der Waals surface area contributed by atoms with Crippen LogP contribution < -0.4 is 10.1 Å². The topological polar surface area (TPSA) is 54.5 Å². The highest BCUT2D eigenvalue weighted by atomic mass is 16.5. The quantitative estimate of drug-likeness (QED) is 0.886. The Balaban J connectivity index is 1.56. The third-order valence-electron chi connectivity index (χ3n) is 4.22. The largest absolute Gasteiger partial charge is 0.492 e. The molecule has 1 amide bonds. The molecule has 1 aromatic carbocycles. The minimum Gasteiger partial charge on any atom is -0.492 e. The van der Waals surface area contributed by atoms with Crippen molar-refractivity contribution >= 4 is 11.6 Å². The van der Waals surface area contributed by atoms with E-state index in [1.807, 2.05) is 31.2 Å². The summed E-state index contributed by atoms with van der Waals surface area (Å²) in [5.74, 6) is 0.615. The molecule has 0 spiro atoms. The molecule has 0 aliphatic carbocycles. The normalized spacial score (nSPS) is 14.5. The molecule has 1 aromatic heterocycles. The minimum absolute atomic E-state index is 0.158. The zero-order valence-electron chi connectivity index (χ0n) is 14.0. The molecule has 0 bridgehead atoms. The number of hydrogen-bond donors (Lipinski definition) is 1. The average molecular weight is 325 g/mol. The molecule has 1 aliphatic rings. The Morgan fingerprint density at radius 2 is 2.08 bits per heavy atom. The van der Waals surface area contributed by atoms with Crippen molar-refractivity contribution in [2.75, 3.05) is 31.6 Å². The van der Waals surface area contributed by atoms with Crippen LogP contribution in [0.4, 0.5) is 5.69 Å². The maximum atomic E-state index is 12.3. The van der Waals surface area contributed by atoms with Crippen LogP contribution in [0.5, 0.6) is 5.75 Å². The summed E-state index contributed by atoms with van der Waals surface area (Å²) in [6.07, 6.45) is 4.26. The van der Waals surface area contributed by atoms with E-state index in [0.29, 0.717) is 17.9 Å². The minimum atomic E-state index is -0.158. The van der Waals surface area contributed by atoms with Gasteiger partial charge in [-0.15, -0.1) is 0 Å². The zero-order valence-corrected chi connectivity index (χ0v) is 14.0. The van der Waals surface area contributed by atoms with E-state index in [1.165, 1.54) is 25.9 Å². The van der Waals surface area contributed by atoms with Crippen molar-refractivity contribution in [3.05, 3.63) is 53.9 Å². The summed E-state index contributed by atoms with van der Waals surface area (Å²) >= 11 is 0. The van der Waals surface area contributed by atoms with E-state index in [2.05, 4.69) is 15.2 Å². The molecule has 5 nitrogen and oxygen atoms in total. The van der Waals surface area contributed by atoms with Crippen LogP contribution in [0.2, 0.25) is 0 Å². The maximum absolute atomic E-state index is 12.3. The number of aryl methyl sites for hydroxylation is 1. The van der Waals surface area contributed by atoms with E-state index in [0.717, 1.165) is 18.0 Å². The number of carbonyl (C=O) groups excluding carboxylic acids is 1. The molecule has 0 atom stereocenters. The second-order valence-electron chi connectivity index (χ2n) is 6.02. The number of aromatic nitrogens is 1. The lowest BCUT2D eigenvalue weighted by molar-refractivity contribution is 0.102. The molecule has 2 aromatic rings. The number of rotatable bonds is 6. The molecule has 1 N–H and O–H groups in total. The number of likely N-dealkylation sites (tertiary alicyclic amines) is 1. The van der Waals surface area contributed by atoms with Crippen LogP contribution in [0.1, 0.15) is 28.9 Å². The summed E-state index contributed by atoms with van der Waals surface area (Å²) in [7, 11) is 0. The Morgan fingerprint density at radius 1 is 1.25 bits per heavy atom. The lowest BCUT2D eigenvalue weighted by Crippen LogP contribution is -2.25. The van der Waals surface area contributed by atoms with E-state index in [-0.39, 0.29) is 5.91 Å². The number of amides is 1. The van der Waals surface area contributed by atoms with Crippen molar-refractivity contribution in [2.24, 2.45) is 0 Å².